The van der Waals surface area contributed by atoms with Crippen LogP contribution in [-0.2, 0) is 0 Å². The van der Waals surface area contributed by atoms with Gasteiger partial charge in [-0.25, -0.2) is 22.0 Å². The summed E-state index contributed by atoms with van der Waals surface area (Å²) in [7, 11) is 0. The Balaban J connectivity index is 1.63. The topological polar surface area (TPSA) is 9.23 Å². The first-order valence-electron chi connectivity index (χ1n) is 10.2. The van der Waals surface area contributed by atoms with Crippen LogP contribution < -0.4 is 4.74 Å². The van der Waals surface area contributed by atoms with E-state index in [4.69, 9.17) is 4.74 Å². The van der Waals surface area contributed by atoms with E-state index >= 15 is 0 Å². The predicted molar refractivity (Wildman–Crippen MR) is 117 cm³/mol. The molecule has 4 aromatic rings. The van der Waals surface area contributed by atoms with Crippen molar-refractivity contribution in [2.75, 3.05) is 6.61 Å². The van der Waals surface area contributed by atoms with Gasteiger partial charge < -0.3 is 4.74 Å². The molecule has 0 saturated heterocycles. The van der Waals surface area contributed by atoms with Gasteiger partial charge in [-0.1, -0.05) is 37.0 Å². The zero-order valence-corrected chi connectivity index (χ0v) is 17.5. The molecular weight excluding hydrogens is 435 g/mol. The summed E-state index contributed by atoms with van der Waals surface area (Å²) in [6.07, 6.45) is 0.867. The van der Waals surface area contributed by atoms with Gasteiger partial charge in [0.05, 0.1) is 12.2 Å². The van der Waals surface area contributed by atoms with Crippen molar-refractivity contribution in [3.8, 4) is 28.7 Å². The molecule has 166 valence electrons. The first kappa shape index (κ1) is 22.3. The van der Waals surface area contributed by atoms with Gasteiger partial charge in [0.2, 0.25) is 0 Å². The molecule has 0 aromatic heterocycles. The van der Waals surface area contributed by atoms with E-state index in [2.05, 4.69) is 11.8 Å². The molecule has 0 heterocycles. The van der Waals surface area contributed by atoms with Crippen LogP contribution in [0.25, 0.3) is 21.9 Å². The van der Waals surface area contributed by atoms with Crippen LogP contribution in [0.15, 0.2) is 60.7 Å². The van der Waals surface area contributed by atoms with Crippen molar-refractivity contribution in [1.29, 1.82) is 0 Å². The van der Waals surface area contributed by atoms with Crippen LogP contribution in [0.1, 0.15) is 24.5 Å². The molecule has 0 amide bonds. The fraction of sp³-hybridized carbons (Fsp3) is 0.111. The molecule has 0 N–H and O–H groups in total. The average Bonchev–Trinajstić information content (AvgIpc) is 2.81. The van der Waals surface area contributed by atoms with Crippen LogP contribution in [0.4, 0.5) is 22.0 Å². The summed E-state index contributed by atoms with van der Waals surface area (Å²) in [5, 5.41) is -0.0341. The molecule has 0 atom stereocenters. The van der Waals surface area contributed by atoms with Crippen LogP contribution in [0, 0.1) is 40.9 Å². The molecule has 0 aliphatic heterocycles. The van der Waals surface area contributed by atoms with Crippen molar-refractivity contribution in [1.82, 2.24) is 0 Å². The lowest BCUT2D eigenvalue weighted by Crippen LogP contribution is -1.95. The summed E-state index contributed by atoms with van der Waals surface area (Å²) >= 11 is 0. The summed E-state index contributed by atoms with van der Waals surface area (Å²) in [5.41, 5.74) is 0.787. The number of hydrogen-bond donors (Lipinski definition) is 0. The van der Waals surface area contributed by atoms with Crippen LogP contribution in [0.5, 0.6) is 5.75 Å². The van der Waals surface area contributed by atoms with E-state index in [-0.39, 0.29) is 16.3 Å². The van der Waals surface area contributed by atoms with E-state index in [1.54, 1.807) is 24.3 Å². The van der Waals surface area contributed by atoms with E-state index in [0.717, 1.165) is 12.5 Å². The highest BCUT2D eigenvalue weighted by atomic mass is 19.2. The largest absolute Gasteiger partial charge is 0.494 e. The summed E-state index contributed by atoms with van der Waals surface area (Å²) < 4.78 is 75.5. The molecule has 0 unspecified atom stereocenters. The van der Waals surface area contributed by atoms with Gasteiger partial charge in [-0.15, -0.1) is 0 Å². The Morgan fingerprint density at radius 1 is 0.697 bits per heavy atom. The first-order valence-corrected chi connectivity index (χ1v) is 10.2. The van der Waals surface area contributed by atoms with Crippen molar-refractivity contribution >= 4 is 10.8 Å². The SMILES string of the molecule is CCCOc1ccc(-c2cc(F)c(C#Cc3ccc4c(F)c(F)c(F)cc4c3)c(F)c2)cc1. The maximum Gasteiger partial charge on any atom is 0.195 e. The maximum atomic E-state index is 14.6. The molecule has 33 heavy (non-hydrogen) atoms. The van der Waals surface area contributed by atoms with Crippen molar-refractivity contribution in [2.24, 2.45) is 0 Å². The third-order valence-electron chi connectivity index (χ3n) is 5.01. The van der Waals surface area contributed by atoms with Crippen LogP contribution in [-0.4, -0.2) is 6.61 Å². The molecule has 6 heteroatoms. The molecule has 0 aliphatic carbocycles. The summed E-state index contributed by atoms with van der Waals surface area (Å²) in [6, 6.07) is 14.0. The van der Waals surface area contributed by atoms with E-state index in [9.17, 15) is 22.0 Å². The molecule has 0 spiro atoms. The molecule has 4 rings (SSSR count). The van der Waals surface area contributed by atoms with Crippen molar-refractivity contribution in [3.63, 3.8) is 0 Å². The number of rotatable bonds is 4. The molecule has 0 bridgehead atoms. The lowest BCUT2D eigenvalue weighted by Gasteiger charge is -2.07. The standard InChI is InChI=1S/C27H17F5O/c1-2-11-33-20-7-5-17(6-8-20)18-13-23(28)22(24(29)14-18)10-4-16-3-9-21-19(12-16)15-25(30)27(32)26(21)31/h3,5-9,12-15H,2,11H2,1H3. The highest BCUT2D eigenvalue weighted by Gasteiger charge is 2.14. The van der Waals surface area contributed by atoms with Gasteiger partial charge in [-0.3, -0.25) is 0 Å². The minimum absolute atomic E-state index is 0.0841. The Morgan fingerprint density at radius 2 is 1.39 bits per heavy atom. The normalized spacial score (nSPS) is 10.7. The minimum Gasteiger partial charge on any atom is -0.494 e. The van der Waals surface area contributed by atoms with Gasteiger partial charge in [0, 0.05) is 10.9 Å². The van der Waals surface area contributed by atoms with Gasteiger partial charge in [-0.05, 0) is 65.4 Å². The van der Waals surface area contributed by atoms with E-state index < -0.39 is 34.6 Å². The second-order valence-corrected chi connectivity index (χ2v) is 7.36. The second-order valence-electron chi connectivity index (χ2n) is 7.36. The second kappa shape index (κ2) is 9.33. The molecule has 0 saturated carbocycles. The Labute approximate surface area is 187 Å². The summed E-state index contributed by atoms with van der Waals surface area (Å²) in [6.45, 7) is 2.57. The molecule has 1 nitrogen and oxygen atoms in total. The fourth-order valence-corrected chi connectivity index (χ4v) is 3.34. The number of fused-ring (bicyclic) bond motifs is 1. The molecular formula is C27H17F5O. The Hall–Kier alpha value is -3.85. The first-order chi connectivity index (χ1) is 15.9. The number of halogens is 5. The zero-order chi connectivity index (χ0) is 23.5. The monoisotopic (exact) mass is 452 g/mol. The van der Waals surface area contributed by atoms with E-state index in [1.807, 2.05) is 6.92 Å². The van der Waals surface area contributed by atoms with E-state index in [1.165, 1.54) is 30.3 Å². The maximum absolute atomic E-state index is 14.6. The van der Waals surface area contributed by atoms with Crippen LogP contribution in [0.3, 0.4) is 0 Å². The smallest absolute Gasteiger partial charge is 0.195 e. The quantitative estimate of drug-likeness (QED) is 0.178. The van der Waals surface area contributed by atoms with E-state index in [0.29, 0.717) is 23.5 Å². The van der Waals surface area contributed by atoms with Crippen molar-refractivity contribution in [3.05, 3.63) is 101 Å². The number of hydrogen-bond acceptors (Lipinski definition) is 1. The van der Waals surface area contributed by atoms with Crippen molar-refractivity contribution < 1.29 is 26.7 Å². The van der Waals surface area contributed by atoms with Gasteiger partial charge in [0.15, 0.2) is 17.5 Å². The highest BCUT2D eigenvalue weighted by Crippen LogP contribution is 2.27. The zero-order valence-electron chi connectivity index (χ0n) is 17.5. The average molecular weight is 452 g/mol. The lowest BCUT2D eigenvalue weighted by atomic mass is 10.0. The van der Waals surface area contributed by atoms with Gasteiger partial charge in [0.1, 0.15) is 17.4 Å². The molecule has 0 fully saturated rings. The third kappa shape index (κ3) is 4.68. The van der Waals surface area contributed by atoms with Crippen molar-refractivity contribution in [2.45, 2.75) is 13.3 Å². The summed E-state index contributed by atoms with van der Waals surface area (Å²) in [4.78, 5) is 0. The number of ether oxygens (including phenoxy) is 1. The van der Waals surface area contributed by atoms with Gasteiger partial charge in [0.25, 0.3) is 0 Å². The highest BCUT2D eigenvalue weighted by molar-refractivity contribution is 5.84. The Bertz CT molecular complexity index is 1380. The summed E-state index contributed by atoms with van der Waals surface area (Å²) in [5.74, 6) is -0.193. The Kier molecular flexibility index (Phi) is 6.32. The van der Waals surface area contributed by atoms with Gasteiger partial charge in [-0.2, -0.15) is 0 Å². The third-order valence-corrected chi connectivity index (χ3v) is 5.01. The molecule has 4 aromatic carbocycles. The Morgan fingerprint density at radius 3 is 2.06 bits per heavy atom. The van der Waals surface area contributed by atoms with Gasteiger partial charge >= 0.3 is 0 Å². The predicted octanol–water partition coefficient (Wildman–Crippen LogP) is 7.39. The van der Waals surface area contributed by atoms with Crippen LogP contribution in [0.2, 0.25) is 0 Å². The molecule has 0 radical (unpaired) electrons. The fourth-order valence-electron chi connectivity index (χ4n) is 3.34. The minimum atomic E-state index is -1.56. The number of benzene rings is 4. The lowest BCUT2D eigenvalue weighted by molar-refractivity contribution is 0.317. The molecule has 0 aliphatic rings. The van der Waals surface area contributed by atoms with Crippen LogP contribution >= 0.6 is 0 Å².